The van der Waals surface area contributed by atoms with Gasteiger partial charge in [-0.15, -0.1) is 0 Å². The average Bonchev–Trinajstić information content (AvgIpc) is 3.09. The molecule has 0 radical (unpaired) electrons. The Balaban J connectivity index is 1.87. The highest BCUT2D eigenvalue weighted by Gasteiger charge is 2.29. The fourth-order valence-electron chi connectivity index (χ4n) is 2.21. The van der Waals surface area contributed by atoms with Crippen molar-refractivity contribution >= 4 is 0 Å². The summed E-state index contributed by atoms with van der Waals surface area (Å²) in [7, 11) is 0. The molecule has 1 aromatic rings. The molecule has 1 atom stereocenters. The molecule has 2 N–H and O–H groups in total. The van der Waals surface area contributed by atoms with Crippen LogP contribution in [0.3, 0.4) is 0 Å². The Hall–Kier alpha value is -0.860. The zero-order chi connectivity index (χ0) is 12.4. The van der Waals surface area contributed by atoms with Gasteiger partial charge in [-0.3, -0.25) is 0 Å². The SMILES string of the molecule is Cc1cc(C)c(CNCC(O)C2CC2)cc1C. The van der Waals surface area contributed by atoms with E-state index in [4.69, 9.17) is 0 Å². The van der Waals surface area contributed by atoms with Crippen molar-refractivity contribution in [1.82, 2.24) is 5.32 Å². The molecule has 1 aliphatic carbocycles. The molecule has 0 spiro atoms. The Morgan fingerprint density at radius 1 is 1.18 bits per heavy atom. The van der Waals surface area contributed by atoms with Crippen LogP contribution in [0.15, 0.2) is 12.1 Å². The standard InChI is InChI=1S/C15H23NO/c1-10-6-12(3)14(7-11(10)2)8-16-9-15(17)13-4-5-13/h6-7,13,15-17H,4-5,8-9H2,1-3H3. The fourth-order valence-corrected chi connectivity index (χ4v) is 2.21. The van der Waals surface area contributed by atoms with Crippen molar-refractivity contribution in [3.63, 3.8) is 0 Å². The van der Waals surface area contributed by atoms with Crippen molar-refractivity contribution in [2.75, 3.05) is 6.54 Å². The van der Waals surface area contributed by atoms with Crippen LogP contribution in [-0.4, -0.2) is 17.8 Å². The maximum Gasteiger partial charge on any atom is 0.0692 e. The highest BCUT2D eigenvalue weighted by atomic mass is 16.3. The lowest BCUT2D eigenvalue weighted by molar-refractivity contribution is 0.148. The van der Waals surface area contributed by atoms with Crippen molar-refractivity contribution in [3.05, 3.63) is 34.4 Å². The Morgan fingerprint density at radius 3 is 2.47 bits per heavy atom. The second kappa shape index (κ2) is 5.19. The Kier molecular flexibility index (Phi) is 3.85. The molecule has 0 bridgehead atoms. The maximum absolute atomic E-state index is 9.77. The summed E-state index contributed by atoms with van der Waals surface area (Å²) in [5.41, 5.74) is 5.37. The van der Waals surface area contributed by atoms with Gasteiger partial charge in [0.25, 0.3) is 0 Å². The van der Waals surface area contributed by atoms with Gasteiger partial charge in [0, 0.05) is 13.1 Å². The van der Waals surface area contributed by atoms with Crippen molar-refractivity contribution in [3.8, 4) is 0 Å². The van der Waals surface area contributed by atoms with Crippen LogP contribution in [0.1, 0.15) is 35.1 Å². The van der Waals surface area contributed by atoms with Crippen molar-refractivity contribution in [2.24, 2.45) is 5.92 Å². The first kappa shape index (κ1) is 12.6. The van der Waals surface area contributed by atoms with E-state index in [1.807, 2.05) is 0 Å². The van der Waals surface area contributed by atoms with Crippen LogP contribution in [0.2, 0.25) is 0 Å². The van der Waals surface area contributed by atoms with Crippen LogP contribution in [0, 0.1) is 26.7 Å². The first-order chi connectivity index (χ1) is 8.08. The highest BCUT2D eigenvalue weighted by molar-refractivity contribution is 5.36. The molecule has 2 heteroatoms. The minimum absolute atomic E-state index is 0.151. The number of hydrogen-bond acceptors (Lipinski definition) is 2. The minimum Gasteiger partial charge on any atom is -0.392 e. The Morgan fingerprint density at radius 2 is 1.82 bits per heavy atom. The molecular formula is C15H23NO. The zero-order valence-corrected chi connectivity index (χ0v) is 11.1. The van der Waals surface area contributed by atoms with E-state index in [2.05, 4.69) is 38.2 Å². The third-order valence-electron chi connectivity index (χ3n) is 3.79. The third-order valence-corrected chi connectivity index (χ3v) is 3.79. The van der Waals surface area contributed by atoms with Crippen LogP contribution in [0.4, 0.5) is 0 Å². The predicted octanol–water partition coefficient (Wildman–Crippen LogP) is 2.47. The first-order valence-corrected chi connectivity index (χ1v) is 6.53. The van der Waals surface area contributed by atoms with E-state index >= 15 is 0 Å². The molecule has 1 fully saturated rings. The van der Waals surface area contributed by atoms with Gasteiger partial charge < -0.3 is 10.4 Å². The van der Waals surface area contributed by atoms with E-state index in [9.17, 15) is 5.11 Å². The molecule has 1 aliphatic rings. The van der Waals surface area contributed by atoms with Gasteiger partial charge in [0.15, 0.2) is 0 Å². The molecule has 94 valence electrons. The number of aliphatic hydroxyl groups excluding tert-OH is 1. The molecular weight excluding hydrogens is 210 g/mol. The van der Waals surface area contributed by atoms with Crippen molar-refractivity contribution in [1.29, 1.82) is 0 Å². The number of aryl methyl sites for hydroxylation is 3. The molecule has 0 saturated heterocycles. The molecule has 2 nitrogen and oxygen atoms in total. The largest absolute Gasteiger partial charge is 0.392 e. The van der Waals surface area contributed by atoms with Crippen LogP contribution in [-0.2, 0) is 6.54 Å². The number of hydrogen-bond donors (Lipinski definition) is 2. The van der Waals surface area contributed by atoms with Crippen LogP contribution in [0.25, 0.3) is 0 Å². The Labute approximate surface area is 104 Å². The summed E-state index contributed by atoms with van der Waals surface area (Å²) < 4.78 is 0. The summed E-state index contributed by atoms with van der Waals surface area (Å²) in [5.74, 6) is 0.559. The molecule has 1 aromatic carbocycles. The van der Waals surface area contributed by atoms with Crippen molar-refractivity contribution < 1.29 is 5.11 Å². The normalized spacial score (nSPS) is 17.2. The lowest BCUT2D eigenvalue weighted by Gasteiger charge is -2.13. The van der Waals surface area contributed by atoms with Gasteiger partial charge in [0.2, 0.25) is 0 Å². The van der Waals surface area contributed by atoms with Gasteiger partial charge in [-0.2, -0.15) is 0 Å². The molecule has 17 heavy (non-hydrogen) atoms. The summed E-state index contributed by atoms with van der Waals surface area (Å²) in [6.45, 7) is 8.03. The summed E-state index contributed by atoms with van der Waals surface area (Å²) in [4.78, 5) is 0. The molecule has 0 aliphatic heterocycles. The van der Waals surface area contributed by atoms with E-state index in [1.54, 1.807) is 0 Å². The summed E-state index contributed by atoms with van der Waals surface area (Å²) in [5, 5.41) is 13.1. The maximum atomic E-state index is 9.77. The van der Waals surface area contributed by atoms with E-state index in [0.29, 0.717) is 5.92 Å². The van der Waals surface area contributed by atoms with Crippen LogP contribution < -0.4 is 5.32 Å². The number of aliphatic hydroxyl groups is 1. The quantitative estimate of drug-likeness (QED) is 0.819. The number of rotatable bonds is 5. The van der Waals surface area contributed by atoms with Gasteiger partial charge in [-0.1, -0.05) is 12.1 Å². The Bertz CT molecular complexity index is 396. The van der Waals surface area contributed by atoms with E-state index in [-0.39, 0.29) is 6.10 Å². The molecule has 1 unspecified atom stereocenters. The van der Waals surface area contributed by atoms with Gasteiger partial charge in [-0.05, 0) is 61.8 Å². The van der Waals surface area contributed by atoms with Crippen molar-refractivity contribution in [2.45, 2.75) is 46.3 Å². The number of benzene rings is 1. The molecule has 0 heterocycles. The highest BCUT2D eigenvalue weighted by Crippen LogP contribution is 2.32. The minimum atomic E-state index is -0.151. The molecule has 0 aromatic heterocycles. The predicted molar refractivity (Wildman–Crippen MR) is 71.1 cm³/mol. The second-order valence-corrected chi connectivity index (χ2v) is 5.40. The smallest absolute Gasteiger partial charge is 0.0692 e. The van der Waals surface area contributed by atoms with Gasteiger partial charge in [-0.25, -0.2) is 0 Å². The van der Waals surface area contributed by atoms with E-state index < -0.39 is 0 Å². The van der Waals surface area contributed by atoms with Gasteiger partial charge >= 0.3 is 0 Å². The molecule has 2 rings (SSSR count). The number of nitrogens with one attached hydrogen (secondary N) is 1. The first-order valence-electron chi connectivity index (χ1n) is 6.53. The summed E-state index contributed by atoms with van der Waals surface area (Å²) >= 11 is 0. The van der Waals surface area contributed by atoms with Crippen LogP contribution >= 0.6 is 0 Å². The van der Waals surface area contributed by atoms with Crippen LogP contribution in [0.5, 0.6) is 0 Å². The van der Waals surface area contributed by atoms with Gasteiger partial charge in [0.05, 0.1) is 6.10 Å². The topological polar surface area (TPSA) is 32.3 Å². The van der Waals surface area contributed by atoms with E-state index in [0.717, 1.165) is 13.1 Å². The molecule has 0 amide bonds. The van der Waals surface area contributed by atoms with E-state index in [1.165, 1.54) is 35.1 Å². The average molecular weight is 233 g/mol. The van der Waals surface area contributed by atoms with Gasteiger partial charge in [0.1, 0.15) is 0 Å². The second-order valence-electron chi connectivity index (χ2n) is 5.40. The third kappa shape index (κ3) is 3.30. The lowest BCUT2D eigenvalue weighted by atomic mass is 10.0. The molecule has 1 saturated carbocycles. The lowest BCUT2D eigenvalue weighted by Crippen LogP contribution is -2.28. The summed E-state index contributed by atoms with van der Waals surface area (Å²) in [6, 6.07) is 4.49. The zero-order valence-electron chi connectivity index (χ0n) is 11.1. The monoisotopic (exact) mass is 233 g/mol. The summed E-state index contributed by atoms with van der Waals surface area (Å²) in [6.07, 6.45) is 2.25. The fraction of sp³-hybridized carbons (Fsp3) is 0.600.